The van der Waals surface area contributed by atoms with E-state index in [1.807, 2.05) is 13.2 Å². The van der Waals surface area contributed by atoms with Crippen molar-refractivity contribution in [2.45, 2.75) is 19.9 Å². The third kappa shape index (κ3) is 3.00. The molecule has 0 amide bonds. The van der Waals surface area contributed by atoms with Crippen LogP contribution in [0, 0.1) is 0 Å². The van der Waals surface area contributed by atoms with Gasteiger partial charge in [0.15, 0.2) is 0 Å². The minimum Gasteiger partial charge on any atom is -0.368 e. The number of piperazine rings is 1. The molecule has 1 saturated heterocycles. The third-order valence-corrected chi connectivity index (χ3v) is 3.83. The topological polar surface area (TPSA) is 31.4 Å². The van der Waals surface area contributed by atoms with E-state index in [-0.39, 0.29) is 0 Å². The van der Waals surface area contributed by atoms with Gasteiger partial charge in [-0.3, -0.25) is 4.98 Å². The summed E-state index contributed by atoms with van der Waals surface area (Å²) in [5, 5.41) is 3.21. The SMILES string of the molecule is CCN1CCN(c2ccc(C(C)NC)nc2)CC1. The van der Waals surface area contributed by atoms with Gasteiger partial charge in [-0.25, -0.2) is 0 Å². The van der Waals surface area contributed by atoms with Crippen LogP contribution in [0.4, 0.5) is 5.69 Å². The Hall–Kier alpha value is -1.13. The standard InChI is InChI=1S/C14H24N4/c1-4-17-7-9-18(10-8-17)13-5-6-14(16-11-13)12(2)15-3/h5-6,11-12,15H,4,7-10H2,1-3H3. The first-order chi connectivity index (χ1) is 8.74. The Morgan fingerprint density at radius 3 is 2.50 bits per heavy atom. The maximum Gasteiger partial charge on any atom is 0.0571 e. The van der Waals surface area contributed by atoms with Crippen molar-refractivity contribution < 1.29 is 0 Å². The van der Waals surface area contributed by atoms with Crippen molar-refractivity contribution in [3.8, 4) is 0 Å². The van der Waals surface area contributed by atoms with Gasteiger partial charge in [0.2, 0.25) is 0 Å². The van der Waals surface area contributed by atoms with E-state index in [1.54, 1.807) is 0 Å². The van der Waals surface area contributed by atoms with Crippen LogP contribution in [0.15, 0.2) is 18.3 Å². The molecular formula is C14H24N4. The summed E-state index contributed by atoms with van der Waals surface area (Å²) in [5.41, 5.74) is 2.35. The Morgan fingerprint density at radius 1 is 1.28 bits per heavy atom. The number of rotatable bonds is 4. The molecule has 1 aliphatic rings. The van der Waals surface area contributed by atoms with Crippen LogP contribution >= 0.6 is 0 Å². The quantitative estimate of drug-likeness (QED) is 0.875. The highest BCUT2D eigenvalue weighted by atomic mass is 15.3. The average Bonchev–Trinajstić information content (AvgIpc) is 2.47. The molecule has 100 valence electrons. The summed E-state index contributed by atoms with van der Waals surface area (Å²) >= 11 is 0. The molecule has 0 spiro atoms. The second-order valence-corrected chi connectivity index (χ2v) is 4.87. The lowest BCUT2D eigenvalue weighted by Gasteiger charge is -2.35. The lowest BCUT2D eigenvalue weighted by atomic mass is 10.2. The Balaban J connectivity index is 1.98. The monoisotopic (exact) mass is 248 g/mol. The number of hydrogen-bond donors (Lipinski definition) is 1. The molecular weight excluding hydrogens is 224 g/mol. The fourth-order valence-electron chi connectivity index (χ4n) is 2.31. The Bertz CT molecular complexity index is 355. The zero-order valence-corrected chi connectivity index (χ0v) is 11.7. The largest absolute Gasteiger partial charge is 0.368 e. The molecule has 1 aromatic heterocycles. The molecule has 1 aromatic rings. The van der Waals surface area contributed by atoms with Crippen molar-refractivity contribution in [2.24, 2.45) is 0 Å². The van der Waals surface area contributed by atoms with Crippen molar-refractivity contribution in [3.63, 3.8) is 0 Å². The van der Waals surface area contributed by atoms with Gasteiger partial charge in [-0.05, 0) is 32.6 Å². The van der Waals surface area contributed by atoms with Gasteiger partial charge in [0.05, 0.1) is 17.6 Å². The van der Waals surface area contributed by atoms with Gasteiger partial charge in [0.25, 0.3) is 0 Å². The normalized spacial score (nSPS) is 18.9. The number of aromatic nitrogens is 1. The number of pyridine rings is 1. The number of nitrogens with one attached hydrogen (secondary N) is 1. The first-order valence-corrected chi connectivity index (χ1v) is 6.85. The maximum absolute atomic E-state index is 4.55. The van der Waals surface area contributed by atoms with Crippen molar-refractivity contribution in [3.05, 3.63) is 24.0 Å². The molecule has 1 atom stereocenters. The van der Waals surface area contributed by atoms with Gasteiger partial charge >= 0.3 is 0 Å². The zero-order valence-electron chi connectivity index (χ0n) is 11.7. The van der Waals surface area contributed by atoms with Gasteiger partial charge in [-0.15, -0.1) is 0 Å². The smallest absolute Gasteiger partial charge is 0.0571 e. The summed E-state index contributed by atoms with van der Waals surface area (Å²) < 4.78 is 0. The van der Waals surface area contributed by atoms with Gasteiger partial charge in [-0.1, -0.05) is 6.92 Å². The van der Waals surface area contributed by atoms with Crippen LogP contribution in [0.5, 0.6) is 0 Å². The van der Waals surface area contributed by atoms with Crippen LogP contribution in [-0.4, -0.2) is 49.7 Å². The zero-order chi connectivity index (χ0) is 13.0. The summed E-state index contributed by atoms with van der Waals surface area (Å²) in [4.78, 5) is 9.46. The van der Waals surface area contributed by atoms with E-state index >= 15 is 0 Å². The van der Waals surface area contributed by atoms with E-state index < -0.39 is 0 Å². The van der Waals surface area contributed by atoms with E-state index in [0.717, 1.165) is 38.4 Å². The van der Waals surface area contributed by atoms with Crippen LogP contribution in [0.2, 0.25) is 0 Å². The highest BCUT2D eigenvalue weighted by Crippen LogP contribution is 2.17. The molecule has 1 N–H and O–H groups in total. The van der Waals surface area contributed by atoms with Crippen LogP contribution in [-0.2, 0) is 0 Å². The van der Waals surface area contributed by atoms with Gasteiger partial charge < -0.3 is 15.1 Å². The summed E-state index contributed by atoms with van der Waals surface area (Å²) in [6.45, 7) is 10.0. The Labute approximate surface area is 110 Å². The predicted octanol–water partition coefficient (Wildman–Crippen LogP) is 1.50. The Kier molecular flexibility index (Phi) is 4.55. The first kappa shape index (κ1) is 13.3. The highest BCUT2D eigenvalue weighted by Gasteiger charge is 2.16. The minimum atomic E-state index is 0.316. The van der Waals surface area contributed by atoms with Crippen LogP contribution in [0.3, 0.4) is 0 Å². The van der Waals surface area contributed by atoms with Crippen molar-refractivity contribution in [2.75, 3.05) is 44.7 Å². The van der Waals surface area contributed by atoms with Crippen LogP contribution in [0.25, 0.3) is 0 Å². The van der Waals surface area contributed by atoms with E-state index in [0.29, 0.717) is 6.04 Å². The first-order valence-electron chi connectivity index (χ1n) is 6.85. The molecule has 1 unspecified atom stereocenters. The molecule has 1 aliphatic heterocycles. The fraction of sp³-hybridized carbons (Fsp3) is 0.643. The lowest BCUT2D eigenvalue weighted by molar-refractivity contribution is 0.271. The lowest BCUT2D eigenvalue weighted by Crippen LogP contribution is -2.46. The third-order valence-electron chi connectivity index (χ3n) is 3.83. The van der Waals surface area contributed by atoms with Gasteiger partial charge in [-0.2, -0.15) is 0 Å². The average molecular weight is 248 g/mol. The highest BCUT2D eigenvalue weighted by molar-refractivity contribution is 5.45. The number of hydrogen-bond acceptors (Lipinski definition) is 4. The molecule has 0 bridgehead atoms. The summed E-state index contributed by atoms with van der Waals surface area (Å²) in [5.74, 6) is 0. The molecule has 0 aliphatic carbocycles. The van der Waals surface area contributed by atoms with E-state index in [2.05, 4.69) is 46.1 Å². The second kappa shape index (κ2) is 6.16. The van der Waals surface area contributed by atoms with E-state index in [9.17, 15) is 0 Å². The van der Waals surface area contributed by atoms with E-state index in [1.165, 1.54) is 5.69 Å². The minimum absolute atomic E-state index is 0.316. The number of likely N-dealkylation sites (N-methyl/N-ethyl adjacent to an activating group) is 1. The number of anilines is 1. The summed E-state index contributed by atoms with van der Waals surface area (Å²) in [6.07, 6.45) is 2.00. The van der Waals surface area contributed by atoms with Gasteiger partial charge in [0.1, 0.15) is 0 Å². The molecule has 1 fully saturated rings. The molecule has 0 saturated carbocycles. The van der Waals surface area contributed by atoms with Crippen LogP contribution < -0.4 is 10.2 Å². The Morgan fingerprint density at radius 2 is 2.00 bits per heavy atom. The maximum atomic E-state index is 4.55. The molecule has 18 heavy (non-hydrogen) atoms. The molecule has 4 heteroatoms. The molecule has 0 aromatic carbocycles. The fourth-order valence-corrected chi connectivity index (χ4v) is 2.31. The molecule has 4 nitrogen and oxygen atoms in total. The van der Waals surface area contributed by atoms with Gasteiger partial charge in [0, 0.05) is 32.2 Å². The predicted molar refractivity (Wildman–Crippen MR) is 76.0 cm³/mol. The van der Waals surface area contributed by atoms with Crippen molar-refractivity contribution >= 4 is 5.69 Å². The second-order valence-electron chi connectivity index (χ2n) is 4.87. The summed E-state index contributed by atoms with van der Waals surface area (Å²) in [6, 6.07) is 4.64. The van der Waals surface area contributed by atoms with Crippen molar-refractivity contribution in [1.82, 2.24) is 15.2 Å². The molecule has 2 rings (SSSR count). The van der Waals surface area contributed by atoms with E-state index in [4.69, 9.17) is 0 Å². The summed E-state index contributed by atoms with van der Waals surface area (Å²) in [7, 11) is 1.96. The number of nitrogens with zero attached hydrogens (tertiary/aromatic N) is 3. The van der Waals surface area contributed by atoms with Crippen molar-refractivity contribution in [1.29, 1.82) is 0 Å². The van der Waals surface area contributed by atoms with Crippen LogP contribution in [0.1, 0.15) is 25.6 Å². The molecule has 2 heterocycles. The molecule has 0 radical (unpaired) electrons.